The Morgan fingerprint density at radius 2 is 1.94 bits per heavy atom. The molecule has 0 bridgehead atoms. The maximum atomic E-state index is 5.82. The van der Waals surface area contributed by atoms with Gasteiger partial charge in [-0.15, -0.1) is 0 Å². The Morgan fingerprint density at radius 1 is 1.06 bits per heavy atom. The topological polar surface area (TPSA) is 9.23 Å². The molecule has 2 aromatic carbocycles. The summed E-state index contributed by atoms with van der Waals surface area (Å²) in [5.74, 6) is 1.60. The Kier molecular flexibility index (Phi) is 3.37. The summed E-state index contributed by atoms with van der Waals surface area (Å²) in [6, 6.07) is 17.0. The Hall–Kier alpha value is -1.28. The Labute approximate surface area is 116 Å². The van der Waals surface area contributed by atoms with Crippen molar-refractivity contribution >= 4 is 15.9 Å². The van der Waals surface area contributed by atoms with Crippen LogP contribution in [0.3, 0.4) is 0 Å². The lowest BCUT2D eigenvalue weighted by Gasteiger charge is -2.14. The highest BCUT2D eigenvalue weighted by Crippen LogP contribution is 2.33. The molecule has 0 saturated carbocycles. The molecule has 0 spiro atoms. The van der Waals surface area contributed by atoms with Gasteiger partial charge in [0.25, 0.3) is 0 Å². The van der Waals surface area contributed by atoms with Crippen LogP contribution in [0.2, 0.25) is 0 Å². The van der Waals surface area contributed by atoms with Crippen molar-refractivity contribution in [3.63, 3.8) is 0 Å². The molecule has 0 unspecified atom stereocenters. The van der Waals surface area contributed by atoms with Gasteiger partial charge in [-0.3, -0.25) is 0 Å². The van der Waals surface area contributed by atoms with Crippen LogP contribution in [0.15, 0.2) is 53.0 Å². The van der Waals surface area contributed by atoms with Crippen molar-refractivity contribution in [2.24, 2.45) is 0 Å². The quantitative estimate of drug-likeness (QED) is 0.750. The summed E-state index contributed by atoms with van der Waals surface area (Å²) < 4.78 is 6.97. The van der Waals surface area contributed by atoms with E-state index in [0.29, 0.717) is 5.92 Å². The van der Waals surface area contributed by atoms with Crippen molar-refractivity contribution in [1.29, 1.82) is 0 Å². The van der Waals surface area contributed by atoms with Crippen LogP contribution in [0, 0.1) is 0 Å². The number of halogens is 1. The van der Waals surface area contributed by atoms with E-state index in [1.54, 1.807) is 0 Å². The molecule has 0 aliphatic carbocycles. The molecule has 2 heteroatoms. The van der Waals surface area contributed by atoms with Gasteiger partial charge in [0.2, 0.25) is 0 Å². The van der Waals surface area contributed by atoms with Crippen LogP contribution < -0.4 is 4.74 Å². The zero-order valence-corrected chi connectivity index (χ0v) is 11.7. The summed E-state index contributed by atoms with van der Waals surface area (Å²) >= 11 is 3.55. The predicted octanol–water partition coefficient (Wildman–Crippen LogP) is 4.56. The van der Waals surface area contributed by atoms with Crippen LogP contribution in [-0.4, -0.2) is 6.61 Å². The Bertz CT molecular complexity index is 550. The van der Waals surface area contributed by atoms with Crippen molar-refractivity contribution in [3.8, 4) is 5.75 Å². The minimum atomic E-state index is 0.547. The molecule has 3 rings (SSSR count). The highest BCUT2D eigenvalue weighted by atomic mass is 79.9. The molecule has 1 aliphatic rings. The number of benzene rings is 2. The van der Waals surface area contributed by atoms with Crippen molar-refractivity contribution in [3.05, 3.63) is 64.1 Å². The molecule has 0 N–H and O–H groups in total. The van der Waals surface area contributed by atoms with E-state index in [2.05, 4.69) is 58.4 Å². The van der Waals surface area contributed by atoms with Crippen LogP contribution in [0.4, 0.5) is 0 Å². The smallest absolute Gasteiger partial charge is 0.122 e. The monoisotopic (exact) mass is 302 g/mol. The average Bonchev–Trinajstić information content (AvgIpc) is 2.60. The van der Waals surface area contributed by atoms with E-state index >= 15 is 0 Å². The maximum Gasteiger partial charge on any atom is 0.122 e. The number of hydrogen-bond donors (Lipinski definition) is 0. The summed E-state index contributed by atoms with van der Waals surface area (Å²) in [5.41, 5.74) is 2.71. The number of fused-ring (bicyclic) bond motifs is 1. The van der Waals surface area contributed by atoms with E-state index in [1.165, 1.54) is 11.1 Å². The highest BCUT2D eigenvalue weighted by Gasteiger charge is 2.18. The van der Waals surface area contributed by atoms with Crippen LogP contribution in [0.25, 0.3) is 0 Å². The summed E-state index contributed by atoms with van der Waals surface area (Å²) in [5, 5.41) is 0. The second kappa shape index (κ2) is 5.15. The van der Waals surface area contributed by atoms with Gasteiger partial charge in [0.05, 0.1) is 6.61 Å². The van der Waals surface area contributed by atoms with E-state index in [9.17, 15) is 0 Å². The fourth-order valence-electron chi connectivity index (χ4n) is 2.54. The fraction of sp³-hybridized carbons (Fsp3) is 0.250. The fourth-order valence-corrected chi connectivity index (χ4v) is 2.95. The lowest BCUT2D eigenvalue weighted by Crippen LogP contribution is -2.03. The van der Waals surface area contributed by atoms with Gasteiger partial charge < -0.3 is 4.74 Å². The first-order chi connectivity index (χ1) is 8.83. The van der Waals surface area contributed by atoms with Gasteiger partial charge in [0, 0.05) is 4.47 Å². The molecular weight excluding hydrogens is 288 g/mol. The van der Waals surface area contributed by atoms with Crippen molar-refractivity contribution in [1.82, 2.24) is 0 Å². The number of rotatable bonds is 1. The number of hydrogen-bond acceptors (Lipinski definition) is 1. The minimum Gasteiger partial charge on any atom is -0.493 e. The first-order valence-electron chi connectivity index (χ1n) is 6.29. The van der Waals surface area contributed by atoms with E-state index in [0.717, 1.165) is 29.7 Å². The van der Waals surface area contributed by atoms with Crippen molar-refractivity contribution in [2.75, 3.05) is 6.61 Å². The molecule has 0 saturated heterocycles. The van der Waals surface area contributed by atoms with Gasteiger partial charge in [-0.25, -0.2) is 0 Å². The number of ether oxygens (including phenoxy) is 1. The maximum absolute atomic E-state index is 5.82. The van der Waals surface area contributed by atoms with Gasteiger partial charge in [-0.05, 0) is 48.1 Å². The largest absolute Gasteiger partial charge is 0.493 e. The second-order valence-electron chi connectivity index (χ2n) is 4.70. The van der Waals surface area contributed by atoms with E-state index in [4.69, 9.17) is 4.74 Å². The van der Waals surface area contributed by atoms with Crippen LogP contribution in [0.5, 0.6) is 5.75 Å². The Morgan fingerprint density at radius 3 is 2.83 bits per heavy atom. The standard InChI is InChI=1S/C16H15BrO/c17-15-6-3-5-12(11-15)13-8-9-18-16-7-2-1-4-14(16)10-13/h1-7,11,13H,8-10H2/t13-/m0/s1. The normalized spacial score (nSPS) is 18.6. The molecule has 1 aliphatic heterocycles. The lowest BCUT2D eigenvalue weighted by molar-refractivity contribution is 0.310. The third-order valence-corrected chi connectivity index (χ3v) is 3.98. The summed E-state index contributed by atoms with van der Waals surface area (Å²) in [6.45, 7) is 0.800. The predicted molar refractivity (Wildman–Crippen MR) is 77.1 cm³/mol. The molecule has 1 atom stereocenters. The van der Waals surface area contributed by atoms with Gasteiger partial charge in [0.1, 0.15) is 5.75 Å². The molecule has 1 nitrogen and oxygen atoms in total. The molecule has 0 amide bonds. The second-order valence-corrected chi connectivity index (χ2v) is 5.62. The molecule has 0 aromatic heterocycles. The zero-order chi connectivity index (χ0) is 12.4. The number of para-hydroxylation sites is 1. The molecule has 0 fully saturated rings. The van der Waals surface area contributed by atoms with Crippen LogP contribution >= 0.6 is 15.9 Å². The summed E-state index contributed by atoms with van der Waals surface area (Å²) in [6.07, 6.45) is 2.14. The van der Waals surface area contributed by atoms with Gasteiger partial charge >= 0.3 is 0 Å². The Balaban J connectivity index is 1.91. The average molecular weight is 303 g/mol. The van der Waals surface area contributed by atoms with E-state index in [-0.39, 0.29) is 0 Å². The van der Waals surface area contributed by atoms with Crippen molar-refractivity contribution < 1.29 is 4.74 Å². The summed E-state index contributed by atoms with van der Waals surface area (Å²) in [7, 11) is 0. The molecule has 18 heavy (non-hydrogen) atoms. The van der Waals surface area contributed by atoms with E-state index in [1.807, 2.05) is 6.07 Å². The molecular formula is C16H15BrO. The van der Waals surface area contributed by atoms with Crippen LogP contribution in [-0.2, 0) is 6.42 Å². The lowest BCUT2D eigenvalue weighted by atomic mass is 9.90. The third-order valence-electron chi connectivity index (χ3n) is 3.48. The zero-order valence-electron chi connectivity index (χ0n) is 10.1. The first kappa shape index (κ1) is 11.8. The molecule has 92 valence electrons. The third kappa shape index (κ3) is 2.44. The van der Waals surface area contributed by atoms with Crippen molar-refractivity contribution in [2.45, 2.75) is 18.8 Å². The van der Waals surface area contributed by atoms with Crippen LogP contribution in [0.1, 0.15) is 23.5 Å². The van der Waals surface area contributed by atoms with Gasteiger partial charge in [0.15, 0.2) is 0 Å². The SMILES string of the molecule is Brc1cccc([C@H]2CCOc3ccccc3C2)c1. The van der Waals surface area contributed by atoms with Gasteiger partial charge in [-0.2, -0.15) is 0 Å². The van der Waals surface area contributed by atoms with E-state index < -0.39 is 0 Å². The summed E-state index contributed by atoms with van der Waals surface area (Å²) in [4.78, 5) is 0. The first-order valence-corrected chi connectivity index (χ1v) is 7.08. The molecule has 0 radical (unpaired) electrons. The van der Waals surface area contributed by atoms with Gasteiger partial charge in [-0.1, -0.05) is 46.3 Å². The molecule has 1 heterocycles. The molecule has 2 aromatic rings. The highest BCUT2D eigenvalue weighted by molar-refractivity contribution is 9.10. The minimum absolute atomic E-state index is 0.547.